The Labute approximate surface area is 98.2 Å². The minimum absolute atomic E-state index is 0.178. The second-order valence-corrected chi connectivity index (χ2v) is 4.32. The lowest BCUT2D eigenvalue weighted by molar-refractivity contribution is 0.120. The summed E-state index contributed by atoms with van der Waals surface area (Å²) >= 11 is 0. The molecule has 0 radical (unpaired) electrons. The van der Waals surface area contributed by atoms with E-state index >= 15 is 0 Å². The van der Waals surface area contributed by atoms with Crippen LogP contribution >= 0.6 is 0 Å². The van der Waals surface area contributed by atoms with Crippen LogP contribution in [0, 0.1) is 5.92 Å². The van der Waals surface area contributed by atoms with Crippen molar-refractivity contribution in [3.8, 4) is 11.5 Å². The third-order valence-electron chi connectivity index (χ3n) is 2.61. The van der Waals surface area contributed by atoms with Gasteiger partial charge in [0, 0.05) is 0 Å². The number of nitrogens with zero attached hydrogens (tertiary/aromatic N) is 4. The van der Waals surface area contributed by atoms with Gasteiger partial charge in [-0.1, -0.05) is 19.0 Å². The molecule has 0 amide bonds. The maximum absolute atomic E-state index is 9.71. The second kappa shape index (κ2) is 4.62. The Kier molecular flexibility index (Phi) is 3.19. The summed E-state index contributed by atoms with van der Waals surface area (Å²) in [6.45, 7) is 5.71. The van der Waals surface area contributed by atoms with Gasteiger partial charge in [-0.05, 0) is 12.8 Å². The minimum Gasteiger partial charge on any atom is -0.393 e. The Balaban J connectivity index is 2.28. The van der Waals surface area contributed by atoms with E-state index in [0.29, 0.717) is 17.4 Å². The molecule has 0 aromatic carbocycles. The molecule has 7 nitrogen and oxygen atoms in total. The van der Waals surface area contributed by atoms with E-state index in [2.05, 4.69) is 25.6 Å². The van der Waals surface area contributed by atoms with Crippen molar-refractivity contribution in [1.82, 2.24) is 25.6 Å². The Morgan fingerprint density at radius 2 is 2.12 bits per heavy atom. The molecule has 7 heteroatoms. The van der Waals surface area contributed by atoms with E-state index in [9.17, 15) is 5.11 Å². The maximum Gasteiger partial charge on any atom is 0.232 e. The molecule has 2 N–H and O–H groups in total. The average molecular weight is 237 g/mol. The van der Waals surface area contributed by atoms with E-state index in [1.54, 1.807) is 6.92 Å². The average Bonchev–Trinajstić information content (AvgIpc) is 2.83. The number of hydrogen-bond donors (Lipinski definition) is 2. The van der Waals surface area contributed by atoms with Crippen molar-refractivity contribution in [1.29, 1.82) is 0 Å². The van der Waals surface area contributed by atoms with E-state index in [1.807, 2.05) is 13.8 Å². The normalized spacial score (nSPS) is 15.1. The highest BCUT2D eigenvalue weighted by Crippen LogP contribution is 2.27. The molecule has 0 saturated carbocycles. The minimum atomic E-state index is -0.541. The van der Waals surface area contributed by atoms with Crippen LogP contribution in [-0.4, -0.2) is 36.8 Å². The fourth-order valence-corrected chi connectivity index (χ4v) is 1.83. The maximum atomic E-state index is 9.71. The number of aliphatic hydroxyl groups excluding tert-OH is 1. The van der Waals surface area contributed by atoms with E-state index in [1.165, 1.54) is 6.20 Å². The van der Waals surface area contributed by atoms with Gasteiger partial charge in [-0.2, -0.15) is 20.4 Å². The summed E-state index contributed by atoms with van der Waals surface area (Å²) in [5.74, 6) is 0.830. The Bertz CT molecular complexity index is 455. The van der Waals surface area contributed by atoms with Crippen molar-refractivity contribution >= 4 is 0 Å². The molecule has 2 aromatic heterocycles. The number of rotatable bonds is 4. The molecule has 0 aliphatic carbocycles. The van der Waals surface area contributed by atoms with Crippen molar-refractivity contribution in [2.75, 3.05) is 0 Å². The van der Waals surface area contributed by atoms with Crippen molar-refractivity contribution in [2.45, 2.75) is 32.8 Å². The van der Waals surface area contributed by atoms with Crippen molar-refractivity contribution in [3.05, 3.63) is 12.1 Å². The summed E-state index contributed by atoms with van der Waals surface area (Å²) in [5.41, 5.74) is 0.521. The smallest absolute Gasteiger partial charge is 0.232 e. The Hall–Kier alpha value is -1.76. The molecule has 0 fully saturated rings. The zero-order valence-electron chi connectivity index (χ0n) is 9.95. The third-order valence-corrected chi connectivity index (χ3v) is 2.61. The van der Waals surface area contributed by atoms with Crippen LogP contribution in [0.2, 0.25) is 0 Å². The number of hydrogen-bond acceptors (Lipinski definition) is 6. The molecule has 0 bridgehead atoms. The summed E-state index contributed by atoms with van der Waals surface area (Å²) in [6.07, 6.45) is 0.974. The SMILES string of the molecule is CC(C)C(c1nc(-c2cn[nH]n2)no1)C(C)O. The van der Waals surface area contributed by atoms with Crippen LogP contribution in [0.5, 0.6) is 0 Å². The first kappa shape index (κ1) is 11.7. The van der Waals surface area contributed by atoms with Gasteiger partial charge in [0.1, 0.15) is 0 Å². The number of nitrogens with one attached hydrogen (secondary N) is 1. The third kappa shape index (κ3) is 2.33. The quantitative estimate of drug-likeness (QED) is 0.821. The fourth-order valence-electron chi connectivity index (χ4n) is 1.83. The number of aromatic nitrogens is 5. The lowest BCUT2D eigenvalue weighted by atomic mass is 9.91. The fraction of sp³-hybridized carbons (Fsp3) is 0.600. The van der Waals surface area contributed by atoms with E-state index < -0.39 is 6.10 Å². The van der Waals surface area contributed by atoms with Gasteiger partial charge in [0.05, 0.1) is 18.2 Å². The van der Waals surface area contributed by atoms with Crippen molar-refractivity contribution in [2.24, 2.45) is 5.92 Å². The number of aliphatic hydroxyl groups is 1. The highest BCUT2D eigenvalue weighted by Gasteiger charge is 2.27. The van der Waals surface area contributed by atoms with Gasteiger partial charge in [0.2, 0.25) is 11.7 Å². The highest BCUT2D eigenvalue weighted by atomic mass is 16.5. The molecule has 0 saturated heterocycles. The molecule has 2 rings (SSSR count). The van der Waals surface area contributed by atoms with Crippen molar-refractivity contribution in [3.63, 3.8) is 0 Å². The molecule has 2 heterocycles. The lowest BCUT2D eigenvalue weighted by Gasteiger charge is -2.19. The predicted octanol–water partition coefficient (Wildman–Crippen LogP) is 0.975. The summed E-state index contributed by atoms with van der Waals surface area (Å²) in [5, 5.41) is 23.6. The van der Waals surface area contributed by atoms with Crippen LogP contribution in [-0.2, 0) is 0 Å². The summed E-state index contributed by atoms with van der Waals surface area (Å²) < 4.78 is 5.17. The highest BCUT2D eigenvalue weighted by molar-refractivity contribution is 5.44. The van der Waals surface area contributed by atoms with Crippen LogP contribution in [0.3, 0.4) is 0 Å². The Morgan fingerprint density at radius 3 is 2.65 bits per heavy atom. The van der Waals surface area contributed by atoms with Gasteiger partial charge in [0.25, 0.3) is 0 Å². The van der Waals surface area contributed by atoms with Crippen molar-refractivity contribution < 1.29 is 9.63 Å². The molecule has 0 aliphatic heterocycles. The van der Waals surface area contributed by atoms with Gasteiger partial charge in [-0.15, -0.1) is 0 Å². The predicted molar refractivity (Wildman–Crippen MR) is 58.9 cm³/mol. The lowest BCUT2D eigenvalue weighted by Crippen LogP contribution is -2.20. The molecule has 2 atom stereocenters. The zero-order valence-corrected chi connectivity index (χ0v) is 9.95. The van der Waals surface area contributed by atoms with E-state index in [-0.39, 0.29) is 11.8 Å². The summed E-state index contributed by atoms with van der Waals surface area (Å²) in [4.78, 5) is 4.24. The molecule has 2 aromatic rings. The van der Waals surface area contributed by atoms with E-state index in [0.717, 1.165) is 0 Å². The first-order chi connectivity index (χ1) is 8.09. The number of H-pyrrole nitrogens is 1. The first-order valence-electron chi connectivity index (χ1n) is 5.47. The molecular formula is C10H15N5O2. The molecule has 0 spiro atoms. The second-order valence-electron chi connectivity index (χ2n) is 4.32. The standard InChI is InChI=1S/C10H15N5O2/c1-5(2)8(6(3)16)10-12-9(14-17-10)7-4-11-15-13-7/h4-6,8,16H,1-3H3,(H,11,13,15). The monoisotopic (exact) mass is 237 g/mol. The van der Waals surface area contributed by atoms with Gasteiger partial charge < -0.3 is 9.63 Å². The molecule has 17 heavy (non-hydrogen) atoms. The molecular weight excluding hydrogens is 222 g/mol. The van der Waals surface area contributed by atoms with E-state index in [4.69, 9.17) is 4.52 Å². The van der Waals surface area contributed by atoms with Gasteiger partial charge in [0.15, 0.2) is 5.69 Å². The largest absolute Gasteiger partial charge is 0.393 e. The first-order valence-corrected chi connectivity index (χ1v) is 5.47. The molecule has 92 valence electrons. The zero-order chi connectivity index (χ0) is 12.4. The van der Waals surface area contributed by atoms with Gasteiger partial charge in [-0.25, -0.2) is 0 Å². The van der Waals surface area contributed by atoms with Gasteiger partial charge in [-0.3, -0.25) is 0 Å². The summed E-state index contributed by atoms with van der Waals surface area (Å²) in [7, 11) is 0. The van der Waals surface area contributed by atoms with Crippen LogP contribution in [0.25, 0.3) is 11.5 Å². The van der Waals surface area contributed by atoms with Crippen LogP contribution in [0.4, 0.5) is 0 Å². The van der Waals surface area contributed by atoms with Crippen LogP contribution in [0.1, 0.15) is 32.6 Å². The van der Waals surface area contributed by atoms with Gasteiger partial charge >= 0.3 is 0 Å². The molecule has 2 unspecified atom stereocenters. The Morgan fingerprint density at radius 1 is 1.35 bits per heavy atom. The van der Waals surface area contributed by atoms with Crippen LogP contribution in [0.15, 0.2) is 10.7 Å². The topological polar surface area (TPSA) is 101 Å². The number of aromatic amines is 1. The summed E-state index contributed by atoms with van der Waals surface area (Å²) in [6, 6.07) is 0. The molecule has 0 aliphatic rings. The van der Waals surface area contributed by atoms with Crippen LogP contribution < -0.4 is 0 Å².